The summed E-state index contributed by atoms with van der Waals surface area (Å²) in [5.74, 6) is -1.20. The molecule has 3 nitrogen and oxygen atoms in total. The molecule has 0 spiro atoms. The Hall–Kier alpha value is -1.79. The van der Waals surface area contributed by atoms with Crippen LogP contribution in [0.25, 0.3) is 11.3 Å². The molecular formula is C14H8Cl2F3NO2. The van der Waals surface area contributed by atoms with E-state index in [1.54, 1.807) is 0 Å². The van der Waals surface area contributed by atoms with Crippen molar-refractivity contribution in [2.75, 3.05) is 0 Å². The Bertz CT molecular complexity index is 712. The average Bonchev–Trinajstić information content (AvgIpc) is 2.38. The van der Waals surface area contributed by atoms with Crippen LogP contribution in [0.3, 0.4) is 0 Å². The Kier molecular flexibility index (Phi) is 4.63. The highest BCUT2D eigenvalue weighted by molar-refractivity contribution is 6.39. The zero-order valence-electron chi connectivity index (χ0n) is 10.8. The first-order chi connectivity index (χ1) is 10.2. The van der Waals surface area contributed by atoms with Crippen molar-refractivity contribution < 1.29 is 23.1 Å². The Morgan fingerprint density at radius 1 is 1.14 bits per heavy atom. The largest absolute Gasteiger partial charge is 0.481 e. The first kappa shape index (κ1) is 16.6. The predicted molar refractivity (Wildman–Crippen MR) is 76.0 cm³/mol. The number of rotatable bonds is 3. The molecule has 0 saturated heterocycles. The number of carboxylic acid groups (broad SMARTS) is 1. The number of aliphatic carboxylic acids is 1. The van der Waals surface area contributed by atoms with Gasteiger partial charge in [-0.1, -0.05) is 35.3 Å². The molecular weight excluding hydrogens is 342 g/mol. The van der Waals surface area contributed by atoms with E-state index < -0.39 is 24.3 Å². The van der Waals surface area contributed by atoms with Gasteiger partial charge in [0.15, 0.2) is 0 Å². The number of benzene rings is 1. The van der Waals surface area contributed by atoms with Crippen LogP contribution in [0.2, 0.25) is 10.0 Å². The fourth-order valence-electron chi connectivity index (χ4n) is 1.89. The van der Waals surface area contributed by atoms with Crippen LogP contribution in [0.1, 0.15) is 11.3 Å². The quantitative estimate of drug-likeness (QED) is 0.873. The molecule has 22 heavy (non-hydrogen) atoms. The van der Waals surface area contributed by atoms with Gasteiger partial charge in [0.2, 0.25) is 0 Å². The molecule has 8 heteroatoms. The highest BCUT2D eigenvalue weighted by Crippen LogP contribution is 2.37. The van der Waals surface area contributed by atoms with Crippen molar-refractivity contribution in [2.24, 2.45) is 0 Å². The number of aromatic nitrogens is 1. The van der Waals surface area contributed by atoms with Gasteiger partial charge in [-0.15, -0.1) is 0 Å². The lowest BCUT2D eigenvalue weighted by molar-refractivity contribution is -0.141. The number of hydrogen-bond acceptors (Lipinski definition) is 2. The molecule has 1 aromatic heterocycles. The molecule has 2 rings (SSSR count). The third-order valence-corrected chi connectivity index (χ3v) is 3.44. The summed E-state index contributed by atoms with van der Waals surface area (Å²) in [6.07, 6.45) is -5.16. The lowest BCUT2D eigenvalue weighted by Crippen LogP contribution is -2.11. The van der Waals surface area contributed by atoms with Gasteiger partial charge in [-0.25, -0.2) is 4.98 Å². The van der Waals surface area contributed by atoms with Gasteiger partial charge in [-0.3, -0.25) is 4.79 Å². The predicted octanol–water partition coefficient (Wildman–Crippen LogP) is 4.70. The van der Waals surface area contributed by atoms with Crippen LogP contribution in [0.4, 0.5) is 13.2 Å². The number of halogens is 5. The zero-order valence-corrected chi connectivity index (χ0v) is 12.3. The monoisotopic (exact) mass is 349 g/mol. The number of nitrogens with zero attached hydrogens (tertiary/aromatic N) is 1. The Morgan fingerprint density at radius 3 is 2.23 bits per heavy atom. The maximum atomic E-state index is 12.8. The Morgan fingerprint density at radius 2 is 1.73 bits per heavy atom. The summed E-state index contributed by atoms with van der Waals surface area (Å²) in [4.78, 5) is 14.4. The van der Waals surface area contributed by atoms with Gasteiger partial charge in [0.25, 0.3) is 0 Å². The van der Waals surface area contributed by atoms with Crippen LogP contribution in [-0.2, 0) is 17.4 Å². The third-order valence-electron chi connectivity index (χ3n) is 2.81. The lowest BCUT2D eigenvalue weighted by Gasteiger charge is -2.14. The van der Waals surface area contributed by atoms with Crippen LogP contribution in [0.5, 0.6) is 0 Å². The number of carbonyl (C=O) groups is 1. The minimum atomic E-state index is -4.66. The standard InChI is InChI=1S/C14H8Cl2F3NO2/c15-8-2-1-3-9(16)12(8)13-7(6-11(21)22)4-5-10(20-13)14(17,18)19/h1-5H,6H2,(H,21,22). The molecule has 116 valence electrons. The average molecular weight is 350 g/mol. The van der Waals surface area contributed by atoms with E-state index in [1.165, 1.54) is 18.2 Å². The van der Waals surface area contributed by atoms with Crippen LogP contribution in [0, 0.1) is 0 Å². The van der Waals surface area contributed by atoms with Crippen LogP contribution >= 0.6 is 23.2 Å². The smallest absolute Gasteiger partial charge is 0.433 e. The first-order valence-corrected chi connectivity index (χ1v) is 6.69. The highest BCUT2D eigenvalue weighted by atomic mass is 35.5. The summed E-state index contributed by atoms with van der Waals surface area (Å²) >= 11 is 12.0. The molecule has 0 saturated carbocycles. The summed E-state index contributed by atoms with van der Waals surface area (Å²) in [5.41, 5.74) is -1.16. The molecule has 1 N–H and O–H groups in total. The van der Waals surface area contributed by atoms with E-state index in [4.69, 9.17) is 28.3 Å². The maximum absolute atomic E-state index is 12.8. The third kappa shape index (κ3) is 3.51. The van der Waals surface area contributed by atoms with Crippen LogP contribution in [-0.4, -0.2) is 16.1 Å². The zero-order chi connectivity index (χ0) is 16.5. The fourth-order valence-corrected chi connectivity index (χ4v) is 2.47. The second-order valence-corrected chi connectivity index (χ2v) is 5.18. The van der Waals surface area contributed by atoms with E-state index in [9.17, 15) is 18.0 Å². The van der Waals surface area contributed by atoms with Gasteiger partial charge in [-0.05, 0) is 23.8 Å². The van der Waals surface area contributed by atoms with E-state index in [2.05, 4.69) is 4.98 Å². The highest BCUT2D eigenvalue weighted by Gasteiger charge is 2.33. The Labute approximate surface area is 133 Å². The fraction of sp³-hybridized carbons (Fsp3) is 0.143. The van der Waals surface area contributed by atoms with Gasteiger partial charge >= 0.3 is 12.1 Å². The second-order valence-electron chi connectivity index (χ2n) is 4.37. The van der Waals surface area contributed by atoms with Gasteiger partial charge < -0.3 is 5.11 Å². The Balaban J connectivity index is 2.72. The van der Waals surface area contributed by atoms with Gasteiger partial charge in [-0.2, -0.15) is 13.2 Å². The number of alkyl halides is 3. The molecule has 0 aliphatic heterocycles. The van der Waals surface area contributed by atoms with E-state index in [0.717, 1.165) is 12.1 Å². The number of pyridine rings is 1. The van der Waals surface area contributed by atoms with E-state index in [1.807, 2.05) is 0 Å². The molecule has 0 aliphatic rings. The minimum absolute atomic E-state index is 0.0770. The number of carboxylic acids is 1. The SMILES string of the molecule is O=C(O)Cc1ccc(C(F)(F)F)nc1-c1c(Cl)cccc1Cl. The second kappa shape index (κ2) is 6.14. The van der Waals surface area contributed by atoms with Crippen molar-refractivity contribution in [3.8, 4) is 11.3 Å². The summed E-state index contributed by atoms with van der Waals surface area (Å²) in [6, 6.07) is 6.20. The van der Waals surface area contributed by atoms with Crippen LogP contribution < -0.4 is 0 Å². The minimum Gasteiger partial charge on any atom is -0.481 e. The summed E-state index contributed by atoms with van der Waals surface area (Å²) < 4.78 is 38.5. The molecule has 1 aromatic carbocycles. The lowest BCUT2D eigenvalue weighted by atomic mass is 10.0. The molecule has 0 aliphatic carbocycles. The molecule has 0 bridgehead atoms. The van der Waals surface area contributed by atoms with Crippen molar-refractivity contribution in [1.29, 1.82) is 0 Å². The molecule has 0 atom stereocenters. The van der Waals surface area contributed by atoms with E-state index >= 15 is 0 Å². The molecule has 1 heterocycles. The van der Waals surface area contributed by atoms with Crippen molar-refractivity contribution in [3.63, 3.8) is 0 Å². The van der Waals surface area contributed by atoms with Crippen molar-refractivity contribution in [3.05, 3.63) is 51.6 Å². The van der Waals surface area contributed by atoms with Crippen LogP contribution in [0.15, 0.2) is 30.3 Å². The summed E-state index contributed by atoms with van der Waals surface area (Å²) in [5, 5.41) is 9.07. The molecule has 2 aromatic rings. The van der Waals surface area contributed by atoms with Gasteiger partial charge in [0, 0.05) is 5.56 Å². The van der Waals surface area contributed by atoms with E-state index in [0.29, 0.717) is 0 Å². The summed E-state index contributed by atoms with van der Waals surface area (Å²) in [7, 11) is 0. The van der Waals surface area contributed by atoms with Crippen molar-refractivity contribution >= 4 is 29.2 Å². The molecule has 0 amide bonds. The maximum Gasteiger partial charge on any atom is 0.433 e. The van der Waals surface area contributed by atoms with Gasteiger partial charge in [0.1, 0.15) is 5.69 Å². The summed E-state index contributed by atoms with van der Waals surface area (Å²) in [6.45, 7) is 0. The first-order valence-electron chi connectivity index (χ1n) is 5.93. The molecule has 0 fully saturated rings. The topological polar surface area (TPSA) is 50.2 Å². The molecule has 0 radical (unpaired) electrons. The number of hydrogen-bond donors (Lipinski definition) is 1. The van der Waals surface area contributed by atoms with Crippen molar-refractivity contribution in [1.82, 2.24) is 4.98 Å². The molecule has 0 unspecified atom stereocenters. The normalized spacial score (nSPS) is 11.5. The van der Waals surface area contributed by atoms with Gasteiger partial charge in [0.05, 0.1) is 22.2 Å². The van der Waals surface area contributed by atoms with Crippen molar-refractivity contribution in [2.45, 2.75) is 12.6 Å². The van der Waals surface area contributed by atoms with E-state index in [-0.39, 0.29) is 26.9 Å².